The number of H-pyrrole nitrogens is 1. The van der Waals surface area contributed by atoms with Gasteiger partial charge in [-0.05, 0) is 17.5 Å². The molecule has 2 aromatic carbocycles. The van der Waals surface area contributed by atoms with E-state index in [0.717, 1.165) is 17.7 Å². The summed E-state index contributed by atoms with van der Waals surface area (Å²) in [6, 6.07) is 9.63. The summed E-state index contributed by atoms with van der Waals surface area (Å²) in [5.74, 6) is -6.14. The van der Waals surface area contributed by atoms with Crippen LogP contribution in [0, 0.1) is 5.92 Å². The van der Waals surface area contributed by atoms with E-state index in [1.54, 1.807) is 68.4 Å². The van der Waals surface area contributed by atoms with Gasteiger partial charge in [0.05, 0.1) is 18.9 Å². The molecule has 4 atom stereocenters. The molecule has 4 amide bonds. The number of benzene rings is 2. The molecule has 3 aromatic rings. The summed E-state index contributed by atoms with van der Waals surface area (Å²) in [6.07, 6.45) is 0.750. The van der Waals surface area contributed by atoms with E-state index < -0.39 is 88.5 Å². The van der Waals surface area contributed by atoms with E-state index in [2.05, 4.69) is 26.3 Å². The smallest absolute Gasteiger partial charge is 0.408 e. The predicted octanol–water partition coefficient (Wildman–Crippen LogP) is 1.75. The molecule has 0 aliphatic heterocycles. The Morgan fingerprint density at radius 2 is 1.46 bits per heavy atom. The monoisotopic (exact) mass is 713 g/mol. The van der Waals surface area contributed by atoms with Crippen LogP contribution < -0.4 is 21.3 Å². The Morgan fingerprint density at radius 1 is 0.820 bits per heavy atom. The molecule has 16 nitrogen and oxygen atoms in total. The minimum Gasteiger partial charge on any atom is -0.481 e. The van der Waals surface area contributed by atoms with Crippen molar-refractivity contribution < 1.29 is 52.1 Å². The lowest BCUT2D eigenvalue weighted by atomic mass is 9.99. The number of sulfone groups is 1. The largest absolute Gasteiger partial charge is 0.481 e. The fraction of sp³-hybridized carbons (Fsp3) is 0.333. The van der Waals surface area contributed by atoms with Gasteiger partial charge in [0.25, 0.3) is 0 Å². The van der Waals surface area contributed by atoms with Crippen LogP contribution in [-0.4, -0.2) is 83.7 Å². The number of amides is 4. The Hall–Kier alpha value is -5.71. The predicted molar refractivity (Wildman–Crippen MR) is 180 cm³/mol. The van der Waals surface area contributed by atoms with Gasteiger partial charge in [-0.1, -0.05) is 68.5 Å². The second kappa shape index (κ2) is 17.6. The first-order chi connectivity index (χ1) is 23.5. The van der Waals surface area contributed by atoms with Crippen LogP contribution in [0.4, 0.5) is 4.79 Å². The SMILES string of the molecule is CC(C)[C@H](NC(=O)C(NC(=O)[C@H](CC(=O)O)NC(=O)OCc1ccccc1)c1c[nH]c2ccccc12)C(=O)N[C@H](/C=C/S(C)(=O)=O)CC(=O)O. The van der Waals surface area contributed by atoms with Crippen molar-refractivity contribution in [2.24, 2.45) is 5.92 Å². The van der Waals surface area contributed by atoms with E-state index in [0.29, 0.717) is 16.5 Å². The van der Waals surface area contributed by atoms with Gasteiger partial charge in [0.2, 0.25) is 17.7 Å². The molecule has 0 bridgehead atoms. The van der Waals surface area contributed by atoms with Crippen LogP contribution in [0.2, 0.25) is 0 Å². The first kappa shape index (κ1) is 38.7. The fourth-order valence-corrected chi connectivity index (χ4v) is 5.26. The van der Waals surface area contributed by atoms with E-state index >= 15 is 0 Å². The van der Waals surface area contributed by atoms with Crippen molar-refractivity contribution in [3.63, 3.8) is 0 Å². The van der Waals surface area contributed by atoms with Gasteiger partial charge in [-0.15, -0.1) is 0 Å². The van der Waals surface area contributed by atoms with Gasteiger partial charge in [-0.3, -0.25) is 24.0 Å². The van der Waals surface area contributed by atoms with Gasteiger partial charge in [0.1, 0.15) is 24.7 Å². The highest BCUT2D eigenvalue weighted by Crippen LogP contribution is 2.25. The van der Waals surface area contributed by atoms with Gasteiger partial charge in [0, 0.05) is 34.3 Å². The molecule has 1 unspecified atom stereocenters. The summed E-state index contributed by atoms with van der Waals surface area (Å²) in [5, 5.41) is 29.8. The molecule has 17 heteroatoms. The Labute approximate surface area is 287 Å². The second-order valence-electron chi connectivity index (χ2n) is 11.7. The van der Waals surface area contributed by atoms with Gasteiger partial charge in [0.15, 0.2) is 9.84 Å². The van der Waals surface area contributed by atoms with E-state index in [1.807, 2.05) is 0 Å². The first-order valence-corrected chi connectivity index (χ1v) is 17.3. The van der Waals surface area contributed by atoms with Gasteiger partial charge >= 0.3 is 18.0 Å². The number of rotatable bonds is 17. The average Bonchev–Trinajstić information content (AvgIpc) is 3.47. The van der Waals surface area contributed by atoms with Crippen LogP contribution >= 0.6 is 0 Å². The summed E-state index contributed by atoms with van der Waals surface area (Å²) < 4.78 is 28.4. The van der Waals surface area contributed by atoms with Crippen molar-refractivity contribution in [1.29, 1.82) is 0 Å². The number of hydrogen-bond donors (Lipinski definition) is 7. The fourth-order valence-electron chi connectivity index (χ4n) is 4.79. The zero-order chi connectivity index (χ0) is 37.0. The number of para-hydroxylation sites is 1. The lowest BCUT2D eigenvalue weighted by Gasteiger charge is -2.27. The summed E-state index contributed by atoms with van der Waals surface area (Å²) >= 11 is 0. The molecule has 0 radical (unpaired) electrons. The second-order valence-corrected chi connectivity index (χ2v) is 13.6. The van der Waals surface area contributed by atoms with Crippen molar-refractivity contribution in [2.45, 2.75) is 57.5 Å². The van der Waals surface area contributed by atoms with Gasteiger partial charge in [-0.25, -0.2) is 13.2 Å². The van der Waals surface area contributed by atoms with Gasteiger partial charge in [-0.2, -0.15) is 0 Å². The molecule has 0 spiro atoms. The molecule has 50 heavy (non-hydrogen) atoms. The maximum absolute atomic E-state index is 14.0. The number of nitrogens with one attached hydrogen (secondary N) is 5. The number of carboxylic acid groups (broad SMARTS) is 2. The first-order valence-electron chi connectivity index (χ1n) is 15.3. The molecule has 3 rings (SSSR count). The summed E-state index contributed by atoms with van der Waals surface area (Å²) in [7, 11) is -3.66. The van der Waals surface area contributed by atoms with Crippen LogP contribution in [0.15, 0.2) is 72.3 Å². The molecule has 7 N–H and O–H groups in total. The maximum Gasteiger partial charge on any atom is 0.408 e. The number of carboxylic acids is 2. The molecular weight excluding hydrogens is 674 g/mol. The van der Waals surface area contributed by atoms with Crippen LogP contribution in [0.3, 0.4) is 0 Å². The number of aromatic amines is 1. The number of hydrogen-bond acceptors (Lipinski definition) is 9. The van der Waals surface area contributed by atoms with Crippen LogP contribution in [0.1, 0.15) is 43.9 Å². The van der Waals surface area contributed by atoms with Crippen molar-refractivity contribution in [3.8, 4) is 0 Å². The van der Waals surface area contributed by atoms with Crippen molar-refractivity contribution in [2.75, 3.05) is 6.26 Å². The number of aromatic nitrogens is 1. The average molecular weight is 714 g/mol. The number of alkyl carbamates (subject to hydrolysis) is 1. The summed E-state index contributed by atoms with van der Waals surface area (Å²) in [4.78, 5) is 79.5. The minimum atomic E-state index is -3.66. The van der Waals surface area contributed by atoms with Crippen LogP contribution in [0.5, 0.6) is 0 Å². The topological polar surface area (TPSA) is 250 Å². The van der Waals surface area contributed by atoms with Crippen molar-refractivity contribution in [1.82, 2.24) is 26.3 Å². The Kier molecular flexibility index (Phi) is 13.6. The maximum atomic E-state index is 14.0. The standard InChI is InChI=1S/C33H39N5O11S/c1-19(2)28(31(44)35-21(15-26(39)40)13-14-50(3,47)48)37-32(45)29(23-17-34-24-12-8-7-11-22(23)24)38-30(43)25(16-27(41)42)36-33(46)49-18-20-9-5-4-6-10-20/h4-14,17,19,21,25,28-29,34H,15-16,18H2,1-3H3,(H,35,44)(H,36,46)(H,37,45)(H,38,43)(H,39,40)(H,41,42)/b14-13+/t21-,25+,28+,29?/m1/s1. The molecule has 0 saturated carbocycles. The molecule has 1 heterocycles. The third-order valence-corrected chi connectivity index (χ3v) is 7.86. The van der Waals surface area contributed by atoms with Crippen molar-refractivity contribution >= 4 is 56.5 Å². The van der Waals surface area contributed by atoms with E-state index in [-0.39, 0.29) is 12.2 Å². The highest BCUT2D eigenvalue weighted by molar-refractivity contribution is 7.93. The van der Waals surface area contributed by atoms with Crippen LogP contribution in [0.25, 0.3) is 10.9 Å². The molecule has 1 aromatic heterocycles. The molecule has 0 aliphatic carbocycles. The minimum absolute atomic E-state index is 0.162. The Balaban J connectivity index is 1.89. The van der Waals surface area contributed by atoms with Gasteiger partial charge < -0.3 is 41.2 Å². The van der Waals surface area contributed by atoms with E-state index in [1.165, 1.54) is 6.20 Å². The van der Waals surface area contributed by atoms with Crippen molar-refractivity contribution in [3.05, 3.63) is 83.4 Å². The lowest BCUT2D eigenvalue weighted by molar-refractivity contribution is -0.140. The number of carbonyl (C=O) groups excluding carboxylic acids is 4. The highest BCUT2D eigenvalue weighted by Gasteiger charge is 2.34. The third-order valence-electron chi connectivity index (χ3n) is 7.21. The quantitative estimate of drug-likeness (QED) is 0.106. The number of ether oxygens (including phenoxy) is 1. The normalized spacial score (nSPS) is 13.9. The molecule has 0 saturated heterocycles. The third kappa shape index (κ3) is 12.1. The number of carbonyl (C=O) groups is 6. The molecule has 0 fully saturated rings. The number of aliphatic carboxylic acids is 2. The zero-order valence-electron chi connectivity index (χ0n) is 27.4. The molecule has 268 valence electrons. The molecular formula is C33H39N5O11S. The number of fused-ring (bicyclic) bond motifs is 1. The Morgan fingerprint density at radius 3 is 2.08 bits per heavy atom. The molecule has 0 aliphatic rings. The lowest BCUT2D eigenvalue weighted by Crippen LogP contribution is -2.56. The summed E-state index contributed by atoms with van der Waals surface area (Å²) in [5.41, 5.74) is 1.48. The highest BCUT2D eigenvalue weighted by atomic mass is 32.2. The zero-order valence-corrected chi connectivity index (χ0v) is 28.2. The Bertz CT molecular complexity index is 1840. The van der Waals surface area contributed by atoms with E-state index in [4.69, 9.17) is 4.74 Å². The summed E-state index contributed by atoms with van der Waals surface area (Å²) in [6.45, 7) is 3.02. The van der Waals surface area contributed by atoms with Crippen LogP contribution in [-0.2, 0) is 45.2 Å². The van der Waals surface area contributed by atoms with E-state index in [9.17, 15) is 47.4 Å².